The first-order chi connectivity index (χ1) is 8.30. The Bertz CT molecular complexity index is 505. The van der Waals surface area contributed by atoms with Crippen LogP contribution in [0.15, 0.2) is 24.4 Å². The molecular weight excluding hydrogens is 214 g/mol. The topological polar surface area (TPSA) is 50.9 Å². The van der Waals surface area contributed by atoms with Crippen molar-refractivity contribution in [2.24, 2.45) is 0 Å². The molecule has 0 aliphatic heterocycles. The van der Waals surface area contributed by atoms with E-state index in [1.54, 1.807) is 6.20 Å². The lowest BCUT2D eigenvalue weighted by atomic mass is 10.2. The number of aryl methyl sites for hydroxylation is 2. The number of aromatic nitrogens is 3. The van der Waals surface area contributed by atoms with Gasteiger partial charge in [-0.1, -0.05) is 19.9 Å². The Balaban J connectivity index is 2.54. The number of hydrogen-bond donors (Lipinski definition) is 1. The summed E-state index contributed by atoms with van der Waals surface area (Å²) in [6.45, 7) is 4.15. The van der Waals surface area contributed by atoms with E-state index in [2.05, 4.69) is 30.0 Å². The zero-order valence-corrected chi connectivity index (χ0v) is 10.2. The molecule has 0 atom stereocenters. The molecule has 4 nitrogen and oxygen atoms in total. The van der Waals surface area contributed by atoms with Crippen molar-refractivity contribution in [3.63, 3.8) is 0 Å². The molecule has 0 aliphatic carbocycles. The number of nitrogens with zero attached hydrogens (tertiary/aromatic N) is 3. The summed E-state index contributed by atoms with van der Waals surface area (Å²) in [5.74, 6) is 0.728. The summed E-state index contributed by atoms with van der Waals surface area (Å²) in [7, 11) is 0. The number of aliphatic hydroxyl groups is 1. The van der Waals surface area contributed by atoms with Crippen molar-refractivity contribution < 1.29 is 5.11 Å². The van der Waals surface area contributed by atoms with Crippen molar-refractivity contribution in [3.05, 3.63) is 41.3 Å². The van der Waals surface area contributed by atoms with Gasteiger partial charge in [-0.3, -0.25) is 0 Å². The monoisotopic (exact) mass is 231 g/mol. The van der Waals surface area contributed by atoms with Crippen molar-refractivity contribution in [1.29, 1.82) is 0 Å². The standard InChI is InChI=1S/C13H17N3O/c1-3-11-8-12(4-2)16(15-11)13-10(9-17)6-5-7-14-13/h5-8,17H,3-4,9H2,1-2H3. The zero-order valence-electron chi connectivity index (χ0n) is 10.2. The van der Waals surface area contributed by atoms with Gasteiger partial charge in [-0.25, -0.2) is 9.67 Å². The summed E-state index contributed by atoms with van der Waals surface area (Å²) in [6, 6.07) is 5.79. The molecule has 4 heteroatoms. The van der Waals surface area contributed by atoms with E-state index in [0.29, 0.717) is 0 Å². The molecule has 0 bridgehead atoms. The average Bonchev–Trinajstić information content (AvgIpc) is 2.81. The highest BCUT2D eigenvalue weighted by Crippen LogP contribution is 2.15. The fourth-order valence-corrected chi connectivity index (χ4v) is 1.83. The summed E-state index contributed by atoms with van der Waals surface area (Å²) in [4.78, 5) is 4.32. The third-order valence-corrected chi connectivity index (χ3v) is 2.80. The van der Waals surface area contributed by atoms with Gasteiger partial charge in [0.15, 0.2) is 5.82 Å². The van der Waals surface area contributed by atoms with Crippen LogP contribution in [0.3, 0.4) is 0 Å². The maximum Gasteiger partial charge on any atom is 0.159 e. The number of pyridine rings is 1. The van der Waals surface area contributed by atoms with Crippen LogP contribution in [0, 0.1) is 0 Å². The molecule has 90 valence electrons. The van der Waals surface area contributed by atoms with Crippen LogP contribution in [0.5, 0.6) is 0 Å². The summed E-state index contributed by atoms with van der Waals surface area (Å²) in [5, 5.41) is 13.8. The molecule has 0 aromatic carbocycles. The van der Waals surface area contributed by atoms with Crippen LogP contribution in [-0.4, -0.2) is 19.9 Å². The van der Waals surface area contributed by atoms with Crippen LogP contribution < -0.4 is 0 Å². The van der Waals surface area contributed by atoms with Crippen LogP contribution in [-0.2, 0) is 19.4 Å². The quantitative estimate of drug-likeness (QED) is 0.874. The summed E-state index contributed by atoms with van der Waals surface area (Å²) in [6.07, 6.45) is 3.52. The van der Waals surface area contributed by atoms with Crippen molar-refractivity contribution >= 4 is 0 Å². The van der Waals surface area contributed by atoms with Gasteiger partial charge >= 0.3 is 0 Å². The van der Waals surface area contributed by atoms with E-state index in [-0.39, 0.29) is 6.61 Å². The van der Waals surface area contributed by atoms with Gasteiger partial charge in [-0.05, 0) is 25.0 Å². The van der Waals surface area contributed by atoms with Gasteiger partial charge in [-0.2, -0.15) is 5.10 Å². The Kier molecular flexibility index (Phi) is 3.54. The predicted octanol–water partition coefficient (Wildman–Crippen LogP) is 1.88. The fraction of sp³-hybridized carbons (Fsp3) is 0.385. The van der Waals surface area contributed by atoms with E-state index in [1.165, 1.54) is 0 Å². The Morgan fingerprint density at radius 3 is 2.76 bits per heavy atom. The SMILES string of the molecule is CCc1cc(CC)n(-c2ncccc2CO)n1. The van der Waals surface area contributed by atoms with Crippen LogP contribution >= 0.6 is 0 Å². The Morgan fingerprint density at radius 1 is 1.29 bits per heavy atom. The molecule has 1 N–H and O–H groups in total. The lowest BCUT2D eigenvalue weighted by Crippen LogP contribution is -2.07. The molecule has 0 saturated heterocycles. The first-order valence-electron chi connectivity index (χ1n) is 5.93. The molecule has 0 amide bonds. The minimum atomic E-state index is -0.0202. The highest BCUT2D eigenvalue weighted by atomic mass is 16.3. The van der Waals surface area contributed by atoms with E-state index < -0.39 is 0 Å². The van der Waals surface area contributed by atoms with Crippen molar-refractivity contribution in [2.75, 3.05) is 0 Å². The summed E-state index contributed by atoms with van der Waals surface area (Å²) >= 11 is 0. The molecule has 0 unspecified atom stereocenters. The Morgan fingerprint density at radius 2 is 2.12 bits per heavy atom. The molecule has 17 heavy (non-hydrogen) atoms. The van der Waals surface area contributed by atoms with Crippen molar-refractivity contribution in [1.82, 2.24) is 14.8 Å². The van der Waals surface area contributed by atoms with E-state index in [9.17, 15) is 5.11 Å². The van der Waals surface area contributed by atoms with Crippen molar-refractivity contribution in [3.8, 4) is 5.82 Å². The fourth-order valence-electron chi connectivity index (χ4n) is 1.83. The first kappa shape index (κ1) is 11.8. The second kappa shape index (κ2) is 5.10. The van der Waals surface area contributed by atoms with Gasteiger partial charge in [0, 0.05) is 17.5 Å². The molecular formula is C13H17N3O. The molecule has 0 saturated carbocycles. The van der Waals surface area contributed by atoms with Crippen LogP contribution in [0.25, 0.3) is 5.82 Å². The summed E-state index contributed by atoms with van der Waals surface area (Å²) < 4.78 is 1.84. The van der Waals surface area contributed by atoms with Crippen molar-refractivity contribution in [2.45, 2.75) is 33.3 Å². The Hall–Kier alpha value is -1.68. The zero-order chi connectivity index (χ0) is 12.3. The predicted molar refractivity (Wildman–Crippen MR) is 66.0 cm³/mol. The largest absolute Gasteiger partial charge is 0.392 e. The van der Waals surface area contributed by atoms with Gasteiger partial charge < -0.3 is 5.11 Å². The maximum absolute atomic E-state index is 9.33. The number of aliphatic hydroxyl groups excluding tert-OH is 1. The maximum atomic E-state index is 9.33. The molecule has 2 heterocycles. The third kappa shape index (κ3) is 2.22. The molecule has 2 rings (SSSR count). The van der Waals surface area contributed by atoms with Gasteiger partial charge in [0.1, 0.15) is 0 Å². The van der Waals surface area contributed by atoms with Gasteiger partial charge in [-0.15, -0.1) is 0 Å². The second-order valence-electron chi connectivity index (χ2n) is 3.89. The molecule has 0 aliphatic rings. The highest BCUT2D eigenvalue weighted by Gasteiger charge is 2.11. The smallest absolute Gasteiger partial charge is 0.159 e. The normalized spacial score (nSPS) is 10.8. The van der Waals surface area contributed by atoms with E-state index >= 15 is 0 Å². The van der Waals surface area contributed by atoms with E-state index in [0.717, 1.165) is 35.6 Å². The average molecular weight is 231 g/mol. The van der Waals surface area contributed by atoms with Gasteiger partial charge in [0.25, 0.3) is 0 Å². The van der Waals surface area contributed by atoms with Crippen LogP contribution in [0.4, 0.5) is 0 Å². The Labute approximate surface area is 101 Å². The molecule has 0 radical (unpaired) electrons. The lowest BCUT2D eigenvalue weighted by Gasteiger charge is -2.08. The number of rotatable bonds is 4. The number of hydrogen-bond acceptors (Lipinski definition) is 3. The van der Waals surface area contributed by atoms with Gasteiger partial charge in [0.2, 0.25) is 0 Å². The molecule has 2 aromatic rings. The second-order valence-corrected chi connectivity index (χ2v) is 3.89. The van der Waals surface area contributed by atoms with Gasteiger partial charge in [0.05, 0.1) is 12.3 Å². The summed E-state index contributed by atoms with van der Waals surface area (Å²) in [5.41, 5.74) is 2.97. The minimum Gasteiger partial charge on any atom is -0.392 e. The lowest BCUT2D eigenvalue weighted by molar-refractivity contribution is 0.280. The van der Waals surface area contributed by atoms with Crippen LogP contribution in [0.2, 0.25) is 0 Å². The van der Waals surface area contributed by atoms with E-state index in [4.69, 9.17) is 0 Å². The molecule has 0 fully saturated rings. The van der Waals surface area contributed by atoms with Crippen LogP contribution in [0.1, 0.15) is 30.8 Å². The molecule has 2 aromatic heterocycles. The van der Waals surface area contributed by atoms with E-state index in [1.807, 2.05) is 16.8 Å². The molecule has 0 spiro atoms. The highest BCUT2D eigenvalue weighted by molar-refractivity contribution is 5.34. The third-order valence-electron chi connectivity index (χ3n) is 2.80. The minimum absolute atomic E-state index is 0.0202. The first-order valence-corrected chi connectivity index (χ1v) is 5.93.